The van der Waals surface area contributed by atoms with Gasteiger partial charge in [-0.2, -0.15) is 0 Å². The van der Waals surface area contributed by atoms with Gasteiger partial charge in [-0.15, -0.1) is 0 Å². The first-order valence-electron chi connectivity index (χ1n) is 6.71. The maximum atomic E-state index is 13.3. The fourth-order valence-corrected chi connectivity index (χ4v) is 4.31. The molecule has 0 saturated heterocycles. The van der Waals surface area contributed by atoms with E-state index in [9.17, 15) is 27.9 Å². The molecule has 0 aromatic heterocycles. The van der Waals surface area contributed by atoms with Crippen LogP contribution in [0.3, 0.4) is 0 Å². The molecule has 0 heterocycles. The van der Waals surface area contributed by atoms with E-state index in [-0.39, 0.29) is 46.2 Å². The molecule has 2 aromatic rings. The monoisotopic (exact) mass is 416 g/mol. The van der Waals surface area contributed by atoms with E-state index in [2.05, 4.69) is 0 Å². The number of hydrogen-bond acceptors (Lipinski definition) is 4. The number of aliphatic hydroxyl groups is 1. The minimum Gasteiger partial charge on any atom is -0.776 e. The third-order valence-electron chi connectivity index (χ3n) is 3.48. The van der Waals surface area contributed by atoms with Gasteiger partial charge in [-0.25, -0.2) is 8.78 Å². The third-order valence-corrected chi connectivity index (χ3v) is 7.18. The Labute approximate surface area is 169 Å². The second-order valence-electron chi connectivity index (χ2n) is 5.37. The summed E-state index contributed by atoms with van der Waals surface area (Å²) in [5, 5.41) is 6.16. The smallest absolute Gasteiger partial charge is 0.776 e. The van der Waals surface area contributed by atoms with Gasteiger partial charge < -0.3 is 29.2 Å². The molecule has 12 heteroatoms. The molecule has 2 aromatic carbocycles. The summed E-state index contributed by atoms with van der Waals surface area (Å²) < 4.78 is 49.3. The summed E-state index contributed by atoms with van der Waals surface area (Å²) in [4.78, 5) is 38.6. The summed E-state index contributed by atoms with van der Waals surface area (Å²) >= 11 is 0. The standard InChI is InChI=1S/C14H14F2O7P2.Na/c15-12-5-11(6-13(16)7-12)10-3-1-2-9(4-10)8-14(17,24(18,19)20)25(21,22)23;/h1-7,17H,8H2,(H2,18,19,20)(H2,21,22,23);/q;+1/p-1. The van der Waals surface area contributed by atoms with Crippen molar-refractivity contribution < 1.29 is 72.1 Å². The molecule has 4 N–H and O–H groups in total. The summed E-state index contributed by atoms with van der Waals surface area (Å²) in [5.41, 5.74) is 0.217. The topological polar surface area (TPSA) is 138 Å². The van der Waals surface area contributed by atoms with Crippen molar-refractivity contribution in [2.45, 2.75) is 11.5 Å². The van der Waals surface area contributed by atoms with Gasteiger partial charge >= 0.3 is 37.2 Å². The van der Waals surface area contributed by atoms with Crippen LogP contribution in [-0.4, -0.2) is 24.9 Å². The third kappa shape index (κ3) is 5.09. The molecule has 0 aliphatic carbocycles. The first kappa shape index (κ1) is 23.6. The van der Waals surface area contributed by atoms with Crippen molar-refractivity contribution >= 4 is 15.2 Å². The van der Waals surface area contributed by atoms with E-state index in [0.29, 0.717) is 6.07 Å². The molecule has 2 rings (SSSR count). The van der Waals surface area contributed by atoms with Crippen LogP contribution in [0.25, 0.3) is 11.1 Å². The minimum atomic E-state index is -5.86. The van der Waals surface area contributed by atoms with Crippen LogP contribution in [0, 0.1) is 11.6 Å². The minimum absolute atomic E-state index is 0. The zero-order chi connectivity index (χ0) is 19.0. The van der Waals surface area contributed by atoms with Crippen LogP contribution in [-0.2, 0) is 15.6 Å². The average Bonchev–Trinajstić information content (AvgIpc) is 2.44. The maximum Gasteiger partial charge on any atom is 1.00 e. The van der Waals surface area contributed by atoms with Crippen molar-refractivity contribution in [3.8, 4) is 11.1 Å². The Morgan fingerprint density at radius 1 is 0.962 bits per heavy atom. The quantitative estimate of drug-likeness (QED) is 0.346. The Kier molecular flexibility index (Phi) is 7.52. The molecule has 0 aliphatic rings. The van der Waals surface area contributed by atoms with Gasteiger partial charge in [0.2, 0.25) is 5.08 Å². The molecule has 7 nitrogen and oxygen atoms in total. The van der Waals surface area contributed by atoms with Crippen molar-refractivity contribution in [1.82, 2.24) is 0 Å². The van der Waals surface area contributed by atoms with Crippen molar-refractivity contribution in [3.05, 3.63) is 59.7 Å². The second kappa shape index (κ2) is 8.29. The zero-order valence-electron chi connectivity index (χ0n) is 13.4. The van der Waals surface area contributed by atoms with Gasteiger partial charge in [-0.3, -0.25) is 4.57 Å². The van der Waals surface area contributed by atoms with E-state index in [1.54, 1.807) is 0 Å². The summed E-state index contributed by atoms with van der Waals surface area (Å²) in [6, 6.07) is 7.83. The predicted octanol–water partition coefficient (Wildman–Crippen LogP) is -1.45. The van der Waals surface area contributed by atoms with E-state index in [1.807, 2.05) is 0 Å². The molecule has 0 amide bonds. The first-order chi connectivity index (χ1) is 11.3. The van der Waals surface area contributed by atoms with Crippen molar-refractivity contribution in [2.75, 3.05) is 0 Å². The number of halogens is 2. The molecule has 0 saturated carbocycles. The van der Waals surface area contributed by atoms with Gasteiger partial charge in [-0.1, -0.05) is 24.3 Å². The van der Waals surface area contributed by atoms with Crippen LogP contribution < -0.4 is 34.5 Å². The number of rotatable bonds is 5. The van der Waals surface area contributed by atoms with Gasteiger partial charge in [0.15, 0.2) is 7.60 Å². The molecule has 2 unspecified atom stereocenters. The first-order valence-corrected chi connectivity index (χ1v) is 9.90. The predicted molar refractivity (Wildman–Crippen MR) is 82.3 cm³/mol. The average molecular weight is 416 g/mol. The fraction of sp³-hybridized carbons (Fsp3) is 0.143. The molecule has 26 heavy (non-hydrogen) atoms. The van der Waals surface area contributed by atoms with Crippen molar-refractivity contribution in [3.63, 3.8) is 0 Å². The van der Waals surface area contributed by atoms with Crippen molar-refractivity contribution in [1.29, 1.82) is 0 Å². The summed E-state index contributed by atoms with van der Waals surface area (Å²) in [7, 11) is -11.5. The van der Waals surface area contributed by atoms with Crippen LogP contribution >= 0.6 is 15.2 Å². The Balaban J connectivity index is 0.00000338. The van der Waals surface area contributed by atoms with Gasteiger partial charge in [0.1, 0.15) is 11.6 Å². The van der Waals surface area contributed by atoms with Crippen LogP contribution in [0.4, 0.5) is 8.78 Å². The SMILES string of the molecule is O=P([O-])(O)C(O)(Cc1cccc(-c2cc(F)cc(F)c2)c1)P(=O)(O)O.[Na+]. The van der Waals surface area contributed by atoms with Crippen LogP contribution in [0.15, 0.2) is 42.5 Å². The van der Waals surface area contributed by atoms with E-state index >= 15 is 0 Å². The Morgan fingerprint density at radius 2 is 1.50 bits per heavy atom. The van der Waals surface area contributed by atoms with E-state index < -0.39 is 38.3 Å². The van der Waals surface area contributed by atoms with Gasteiger partial charge in [0.05, 0.1) is 0 Å². The molecule has 0 spiro atoms. The van der Waals surface area contributed by atoms with Gasteiger partial charge in [-0.05, 0) is 28.8 Å². The summed E-state index contributed by atoms with van der Waals surface area (Å²) in [6.45, 7) is 0. The van der Waals surface area contributed by atoms with E-state index in [1.165, 1.54) is 24.3 Å². The maximum absolute atomic E-state index is 13.3. The molecule has 0 bridgehead atoms. The van der Waals surface area contributed by atoms with Gasteiger partial charge in [0.25, 0.3) is 0 Å². The Bertz CT molecular complexity index is 854. The zero-order valence-corrected chi connectivity index (χ0v) is 17.2. The molecule has 0 radical (unpaired) electrons. The van der Waals surface area contributed by atoms with Crippen LogP contribution in [0.2, 0.25) is 0 Å². The molecule has 2 atom stereocenters. The number of hydrogen-bond donors (Lipinski definition) is 4. The Morgan fingerprint density at radius 3 is 1.96 bits per heavy atom. The van der Waals surface area contributed by atoms with E-state index in [4.69, 9.17) is 14.7 Å². The molecular formula is C14H13F2NaO7P2. The van der Waals surface area contributed by atoms with Crippen molar-refractivity contribution in [2.24, 2.45) is 0 Å². The summed E-state index contributed by atoms with van der Waals surface area (Å²) in [6.07, 6.45) is -1.12. The molecular weight excluding hydrogens is 403 g/mol. The molecule has 0 fully saturated rings. The normalized spacial score (nSPS) is 16.3. The largest absolute Gasteiger partial charge is 1.00 e. The Hall–Kier alpha value is -0.440. The second-order valence-corrected chi connectivity index (χ2v) is 9.34. The molecule has 136 valence electrons. The number of benzene rings is 2. The fourth-order valence-electron chi connectivity index (χ4n) is 2.22. The summed E-state index contributed by atoms with van der Waals surface area (Å²) in [5.74, 6) is -1.71. The molecule has 0 aliphatic heterocycles. The van der Waals surface area contributed by atoms with Crippen LogP contribution in [0.1, 0.15) is 5.56 Å². The van der Waals surface area contributed by atoms with E-state index in [0.717, 1.165) is 12.1 Å². The van der Waals surface area contributed by atoms with Crippen LogP contribution in [0.5, 0.6) is 0 Å². The van der Waals surface area contributed by atoms with Gasteiger partial charge in [0, 0.05) is 12.5 Å².